The van der Waals surface area contributed by atoms with Gasteiger partial charge in [-0.1, -0.05) is 36.4 Å². The summed E-state index contributed by atoms with van der Waals surface area (Å²) in [4.78, 5) is 18.3. The van der Waals surface area contributed by atoms with Gasteiger partial charge in [0.15, 0.2) is 11.0 Å². The Labute approximate surface area is 232 Å². The molecule has 2 heterocycles. The molecule has 2 N–H and O–H groups in total. The van der Waals surface area contributed by atoms with Gasteiger partial charge in [0.2, 0.25) is 5.67 Å². The van der Waals surface area contributed by atoms with Crippen molar-refractivity contribution in [3.8, 4) is 11.5 Å². The highest BCUT2D eigenvalue weighted by atomic mass is 32.2. The molecule has 0 fully saturated rings. The average Bonchev–Trinajstić information content (AvgIpc) is 3.60. The molecule has 1 unspecified atom stereocenters. The fourth-order valence-corrected chi connectivity index (χ4v) is 5.21. The van der Waals surface area contributed by atoms with Gasteiger partial charge in [0.05, 0.1) is 18.1 Å². The minimum absolute atomic E-state index is 0.685. The van der Waals surface area contributed by atoms with Crippen molar-refractivity contribution in [2.75, 3.05) is 11.8 Å². The zero-order valence-corrected chi connectivity index (χ0v) is 23.3. The van der Waals surface area contributed by atoms with E-state index in [2.05, 4.69) is 19.4 Å². The molecule has 0 spiro atoms. The maximum Gasteiger partial charge on any atom is 0.343 e. The Morgan fingerprint density at radius 2 is 1.74 bits per heavy atom. The number of hydrogen-bond acceptors (Lipinski definition) is 6. The van der Waals surface area contributed by atoms with E-state index in [1.807, 2.05) is 90.3 Å². The third-order valence-corrected chi connectivity index (χ3v) is 7.69. The zero-order chi connectivity index (χ0) is 27.8. The number of imidazole rings is 1. The zero-order valence-electron chi connectivity index (χ0n) is 21.6. The average molecular weight is 566 g/mol. The molecule has 1 atom stereocenters. The van der Waals surface area contributed by atoms with Crippen molar-refractivity contribution in [2.24, 2.45) is 0 Å². The lowest BCUT2D eigenvalue weighted by Crippen LogP contribution is -2.26. The number of ether oxygens (including phenoxy) is 2. The van der Waals surface area contributed by atoms with Crippen LogP contribution in [-0.4, -0.2) is 32.9 Å². The molecule has 0 amide bonds. The third kappa shape index (κ3) is 7.98. The van der Waals surface area contributed by atoms with E-state index in [1.54, 1.807) is 0 Å². The second-order valence-electron chi connectivity index (χ2n) is 8.92. The van der Waals surface area contributed by atoms with Crippen molar-refractivity contribution >= 4 is 45.0 Å². The molecule has 202 valence electrons. The van der Waals surface area contributed by atoms with Gasteiger partial charge >= 0.3 is 5.97 Å². The molecule has 7 nitrogen and oxygen atoms in total. The number of esters is 1. The van der Waals surface area contributed by atoms with Crippen LogP contribution in [0.5, 0.6) is 11.5 Å². The van der Waals surface area contributed by atoms with E-state index in [4.69, 9.17) is 4.74 Å². The second kappa shape index (κ2) is 12.7. The predicted molar refractivity (Wildman–Crippen MR) is 153 cm³/mol. The van der Waals surface area contributed by atoms with E-state index in [0.29, 0.717) is 6.42 Å². The number of carbonyl (C=O) groups is 1. The smallest absolute Gasteiger partial charge is 0.343 e. The number of H-pyrrole nitrogens is 1. The number of carbonyl (C=O) groups excluding carboxylic acids is 1. The molecule has 5 rings (SSSR count). The second-order valence-corrected chi connectivity index (χ2v) is 11.3. The SMILES string of the molecule is COC(=O)C(C)(C)F.O=S(Nc1ccc2nc(Cc3ccc(Oc4ccccc4)cc3)[nH]c2c1)c1cccs1. The van der Waals surface area contributed by atoms with Crippen molar-refractivity contribution in [2.45, 2.75) is 30.1 Å². The number of para-hydroxylation sites is 1. The first kappa shape index (κ1) is 28.0. The van der Waals surface area contributed by atoms with Crippen LogP contribution in [0.3, 0.4) is 0 Å². The number of alkyl halides is 1. The number of aromatic nitrogens is 2. The first-order chi connectivity index (χ1) is 18.7. The number of nitrogens with zero attached hydrogens (tertiary/aromatic N) is 1. The maximum absolute atomic E-state index is 12.4. The minimum Gasteiger partial charge on any atom is -0.467 e. The molecular weight excluding hydrogens is 537 g/mol. The molecule has 3 aromatic carbocycles. The van der Waals surface area contributed by atoms with Crippen molar-refractivity contribution in [3.63, 3.8) is 0 Å². The van der Waals surface area contributed by atoms with E-state index in [0.717, 1.165) is 64.8 Å². The largest absolute Gasteiger partial charge is 0.467 e. The fraction of sp³-hybridized carbons (Fsp3) is 0.172. The van der Waals surface area contributed by atoms with E-state index in [9.17, 15) is 13.4 Å². The summed E-state index contributed by atoms with van der Waals surface area (Å²) in [6, 6.07) is 27.3. The number of benzene rings is 3. The lowest BCUT2D eigenvalue weighted by atomic mass is 10.1. The van der Waals surface area contributed by atoms with Gasteiger partial charge < -0.3 is 19.2 Å². The van der Waals surface area contributed by atoms with Crippen LogP contribution in [0.1, 0.15) is 25.2 Å². The first-order valence-corrected chi connectivity index (χ1v) is 14.0. The summed E-state index contributed by atoms with van der Waals surface area (Å²) in [5.41, 5.74) is 1.86. The molecule has 39 heavy (non-hydrogen) atoms. The Morgan fingerprint density at radius 1 is 1.03 bits per heavy atom. The standard InChI is InChI=1S/C24H19N3O2S2.C5H9FO2/c28-31(24-7-4-14-30-24)27-18-10-13-21-22(16-18)26-23(25-21)15-17-8-11-20(12-9-17)29-19-5-2-1-3-6-19;1-5(2,6)4(7)8-3/h1-14,16,27H,15H2,(H,25,26);1-3H3. The van der Waals surface area contributed by atoms with Crippen LogP contribution in [0.4, 0.5) is 10.1 Å². The fourth-order valence-electron chi connectivity index (χ4n) is 3.47. The Kier molecular flexibility index (Phi) is 9.11. The number of aromatic amines is 1. The van der Waals surface area contributed by atoms with Gasteiger partial charge in [0, 0.05) is 12.1 Å². The molecule has 0 aliphatic rings. The summed E-state index contributed by atoms with van der Waals surface area (Å²) in [5, 5.41) is 1.92. The monoisotopic (exact) mass is 565 g/mol. The van der Waals surface area contributed by atoms with Crippen LogP contribution in [0.2, 0.25) is 0 Å². The van der Waals surface area contributed by atoms with Gasteiger partial charge in [0.25, 0.3) is 0 Å². The van der Waals surface area contributed by atoms with E-state index in [-0.39, 0.29) is 0 Å². The molecule has 0 saturated carbocycles. The molecule has 0 bridgehead atoms. The summed E-state index contributed by atoms with van der Waals surface area (Å²) < 4.78 is 38.5. The van der Waals surface area contributed by atoms with Gasteiger partial charge in [-0.15, -0.1) is 11.3 Å². The summed E-state index contributed by atoms with van der Waals surface area (Å²) in [6.45, 7) is 2.30. The van der Waals surface area contributed by atoms with E-state index < -0.39 is 22.6 Å². The number of fused-ring (bicyclic) bond motifs is 1. The highest BCUT2D eigenvalue weighted by Crippen LogP contribution is 2.24. The van der Waals surface area contributed by atoms with E-state index in [1.165, 1.54) is 11.3 Å². The molecule has 2 aromatic heterocycles. The quantitative estimate of drug-likeness (QED) is 0.197. The number of rotatable bonds is 8. The highest BCUT2D eigenvalue weighted by Gasteiger charge is 2.26. The topological polar surface area (TPSA) is 93.3 Å². The minimum atomic E-state index is -1.85. The van der Waals surface area contributed by atoms with Gasteiger partial charge in [-0.3, -0.25) is 0 Å². The Bertz CT molecular complexity index is 1530. The van der Waals surface area contributed by atoms with Crippen molar-refractivity contribution in [1.82, 2.24) is 9.97 Å². The van der Waals surface area contributed by atoms with Crippen LogP contribution >= 0.6 is 11.3 Å². The Balaban J connectivity index is 0.000000386. The maximum atomic E-state index is 12.4. The summed E-state index contributed by atoms with van der Waals surface area (Å²) in [5.74, 6) is 1.66. The summed E-state index contributed by atoms with van der Waals surface area (Å²) in [7, 11) is -0.109. The summed E-state index contributed by atoms with van der Waals surface area (Å²) >= 11 is 1.47. The van der Waals surface area contributed by atoms with Crippen molar-refractivity contribution < 1.29 is 22.9 Å². The molecular formula is C29H28FN3O4S2. The number of anilines is 1. The van der Waals surface area contributed by atoms with Crippen LogP contribution in [0, 0.1) is 0 Å². The lowest BCUT2D eigenvalue weighted by Gasteiger charge is -2.08. The predicted octanol–water partition coefficient (Wildman–Crippen LogP) is 7.05. The Morgan fingerprint density at radius 3 is 2.36 bits per heavy atom. The molecule has 10 heteroatoms. The molecule has 0 aliphatic carbocycles. The normalized spacial score (nSPS) is 11.8. The lowest BCUT2D eigenvalue weighted by molar-refractivity contribution is -0.152. The van der Waals surface area contributed by atoms with Gasteiger partial charge in [-0.05, 0) is 73.3 Å². The van der Waals surface area contributed by atoms with Crippen LogP contribution in [0.25, 0.3) is 11.0 Å². The number of methoxy groups -OCH3 is 1. The molecule has 0 radical (unpaired) electrons. The first-order valence-electron chi connectivity index (χ1n) is 12.0. The molecule has 0 aliphatic heterocycles. The van der Waals surface area contributed by atoms with Crippen LogP contribution in [-0.2, 0) is 26.9 Å². The molecule has 0 saturated heterocycles. The number of nitrogens with one attached hydrogen (secondary N) is 2. The van der Waals surface area contributed by atoms with E-state index >= 15 is 0 Å². The molecule has 5 aromatic rings. The third-order valence-electron chi connectivity index (χ3n) is 5.36. The van der Waals surface area contributed by atoms with Gasteiger partial charge in [0.1, 0.15) is 21.5 Å². The van der Waals surface area contributed by atoms with Crippen LogP contribution in [0.15, 0.2) is 94.5 Å². The number of halogens is 1. The Hall–Kier alpha value is -4.02. The van der Waals surface area contributed by atoms with Crippen molar-refractivity contribution in [1.29, 1.82) is 0 Å². The number of thiophene rings is 1. The van der Waals surface area contributed by atoms with Gasteiger partial charge in [-0.2, -0.15) is 0 Å². The summed E-state index contributed by atoms with van der Waals surface area (Å²) in [6.07, 6.45) is 0.685. The number of hydrogen-bond donors (Lipinski definition) is 2. The highest BCUT2D eigenvalue weighted by molar-refractivity contribution is 7.88. The van der Waals surface area contributed by atoms with Crippen LogP contribution < -0.4 is 9.46 Å². The van der Waals surface area contributed by atoms with Gasteiger partial charge in [-0.25, -0.2) is 18.4 Å². The van der Waals surface area contributed by atoms with Crippen molar-refractivity contribution in [3.05, 3.63) is 102 Å².